The molecule has 1 aromatic carbocycles. The summed E-state index contributed by atoms with van der Waals surface area (Å²) in [5.41, 5.74) is 1.71. The molecule has 1 unspecified atom stereocenters. The molecule has 1 aliphatic heterocycles. The summed E-state index contributed by atoms with van der Waals surface area (Å²) in [5, 5.41) is 0. The van der Waals surface area contributed by atoms with Crippen LogP contribution in [0.3, 0.4) is 0 Å². The third-order valence-electron chi connectivity index (χ3n) is 6.29. The highest BCUT2D eigenvalue weighted by Gasteiger charge is 2.41. The third-order valence-corrected chi connectivity index (χ3v) is 8.35. The number of benzene rings is 1. The Hall–Kier alpha value is -1.84. The van der Waals surface area contributed by atoms with Gasteiger partial charge in [-0.1, -0.05) is 19.3 Å². The molecule has 0 bridgehead atoms. The lowest BCUT2D eigenvalue weighted by Crippen LogP contribution is -2.50. The number of hydrogen-bond acceptors (Lipinski definition) is 6. The van der Waals surface area contributed by atoms with E-state index in [1.165, 1.54) is 22.8 Å². The molecule has 1 aliphatic carbocycles. The molecule has 0 N–H and O–H groups in total. The smallest absolute Gasteiger partial charge is 0.307 e. The fourth-order valence-electron chi connectivity index (χ4n) is 4.53. The van der Waals surface area contributed by atoms with Crippen molar-refractivity contribution >= 4 is 16.2 Å². The second-order valence-electron chi connectivity index (χ2n) is 7.88. The molecule has 0 spiro atoms. The molecular weight excluding hydrogens is 408 g/mol. The molecule has 1 saturated carbocycles. The molecule has 0 radical (unpaired) electrons. The van der Waals surface area contributed by atoms with E-state index in [2.05, 4.69) is 0 Å². The minimum atomic E-state index is -3.76. The van der Waals surface area contributed by atoms with Gasteiger partial charge >= 0.3 is 5.97 Å². The van der Waals surface area contributed by atoms with Crippen LogP contribution in [0.5, 0.6) is 11.5 Å². The number of carbonyl (C=O) groups excluding carboxylic acids is 1. The number of rotatable bonds is 7. The Morgan fingerprint density at radius 3 is 2.33 bits per heavy atom. The predicted molar refractivity (Wildman–Crippen MR) is 113 cm³/mol. The van der Waals surface area contributed by atoms with E-state index in [0.29, 0.717) is 24.5 Å². The van der Waals surface area contributed by atoms with Gasteiger partial charge in [-0.2, -0.15) is 17.0 Å². The van der Waals surface area contributed by atoms with Crippen LogP contribution in [-0.2, 0) is 26.2 Å². The van der Waals surface area contributed by atoms with E-state index in [-0.39, 0.29) is 12.5 Å². The van der Waals surface area contributed by atoms with Crippen LogP contribution in [0.4, 0.5) is 0 Å². The van der Waals surface area contributed by atoms with Crippen LogP contribution in [0.15, 0.2) is 12.1 Å². The Morgan fingerprint density at radius 1 is 1.10 bits per heavy atom. The van der Waals surface area contributed by atoms with Gasteiger partial charge in [-0.05, 0) is 42.5 Å². The Balaban J connectivity index is 2.00. The van der Waals surface area contributed by atoms with Crippen molar-refractivity contribution in [3.05, 3.63) is 23.3 Å². The summed E-state index contributed by atoms with van der Waals surface area (Å²) >= 11 is 0. The van der Waals surface area contributed by atoms with Crippen LogP contribution in [-0.4, -0.2) is 64.0 Å². The molecule has 1 atom stereocenters. The van der Waals surface area contributed by atoms with E-state index in [9.17, 15) is 13.2 Å². The number of carbonyl (C=O) groups is 1. The van der Waals surface area contributed by atoms with Gasteiger partial charge in [0.2, 0.25) is 0 Å². The first-order chi connectivity index (χ1) is 14.3. The van der Waals surface area contributed by atoms with Crippen molar-refractivity contribution in [1.29, 1.82) is 0 Å². The number of hydrogen-bond donors (Lipinski definition) is 0. The molecule has 9 heteroatoms. The second kappa shape index (κ2) is 9.53. The van der Waals surface area contributed by atoms with E-state index in [1.54, 1.807) is 20.2 Å². The molecule has 1 heterocycles. The lowest BCUT2D eigenvalue weighted by molar-refractivity contribution is -0.141. The van der Waals surface area contributed by atoms with Gasteiger partial charge in [0.1, 0.15) is 0 Å². The average Bonchev–Trinajstić information content (AvgIpc) is 2.77. The highest BCUT2D eigenvalue weighted by molar-refractivity contribution is 7.86. The number of ether oxygens (including phenoxy) is 3. The van der Waals surface area contributed by atoms with Crippen molar-refractivity contribution in [2.24, 2.45) is 0 Å². The van der Waals surface area contributed by atoms with Gasteiger partial charge in [0, 0.05) is 19.6 Å². The summed E-state index contributed by atoms with van der Waals surface area (Å²) < 4.78 is 45.8. The molecule has 0 saturated heterocycles. The number of fused-ring (bicyclic) bond motifs is 1. The van der Waals surface area contributed by atoms with Gasteiger partial charge in [-0.25, -0.2) is 0 Å². The molecule has 1 fully saturated rings. The van der Waals surface area contributed by atoms with E-state index >= 15 is 0 Å². The van der Waals surface area contributed by atoms with Crippen molar-refractivity contribution in [2.75, 3.05) is 34.9 Å². The van der Waals surface area contributed by atoms with E-state index < -0.39 is 22.2 Å². The van der Waals surface area contributed by atoms with Crippen molar-refractivity contribution in [3.63, 3.8) is 0 Å². The zero-order valence-corrected chi connectivity index (χ0v) is 19.0. The summed E-state index contributed by atoms with van der Waals surface area (Å²) in [5.74, 6) is 0.637. The normalized spacial score (nSPS) is 20.6. The van der Waals surface area contributed by atoms with Gasteiger partial charge in [0.15, 0.2) is 11.5 Å². The Kier molecular flexibility index (Phi) is 7.26. The van der Waals surface area contributed by atoms with Crippen LogP contribution in [0.1, 0.15) is 55.7 Å². The molecule has 2 aliphatic rings. The van der Waals surface area contributed by atoms with Gasteiger partial charge in [0.05, 0.1) is 33.8 Å². The monoisotopic (exact) mass is 440 g/mol. The summed E-state index contributed by atoms with van der Waals surface area (Å²) in [6.45, 7) is 0.295. The maximum Gasteiger partial charge on any atom is 0.307 e. The quantitative estimate of drug-likeness (QED) is 0.606. The second-order valence-corrected chi connectivity index (χ2v) is 9.82. The fraction of sp³-hybridized carbons (Fsp3) is 0.667. The molecule has 168 valence electrons. The molecular formula is C21H32N2O6S. The van der Waals surface area contributed by atoms with E-state index in [4.69, 9.17) is 14.2 Å². The first-order valence-electron chi connectivity index (χ1n) is 10.4. The maximum atomic E-state index is 13.6. The Bertz CT molecular complexity index is 866. The van der Waals surface area contributed by atoms with Gasteiger partial charge in [-0.15, -0.1) is 0 Å². The SMILES string of the molecule is COC(=O)CC1c2cc(OC)c(OC)cc2CCN1S(=O)(=O)N(C)C1CCCCC1. The van der Waals surface area contributed by atoms with Crippen molar-refractivity contribution in [2.45, 2.75) is 57.0 Å². The summed E-state index contributed by atoms with van der Waals surface area (Å²) in [7, 11) is 2.31. The lowest BCUT2D eigenvalue weighted by Gasteiger charge is -2.40. The topological polar surface area (TPSA) is 85.4 Å². The summed E-state index contributed by atoms with van der Waals surface area (Å²) in [6.07, 6.45) is 5.43. The zero-order chi connectivity index (χ0) is 21.9. The van der Waals surface area contributed by atoms with Crippen molar-refractivity contribution in [3.8, 4) is 11.5 Å². The first-order valence-corrected chi connectivity index (χ1v) is 11.8. The Morgan fingerprint density at radius 2 is 1.73 bits per heavy atom. The predicted octanol–water partition coefficient (Wildman–Crippen LogP) is 2.68. The average molecular weight is 441 g/mol. The minimum Gasteiger partial charge on any atom is -0.493 e. The van der Waals surface area contributed by atoms with Crippen LogP contribution in [0.2, 0.25) is 0 Å². The summed E-state index contributed by atoms with van der Waals surface area (Å²) in [4.78, 5) is 12.2. The Labute approximate surface area is 179 Å². The van der Waals surface area contributed by atoms with Crippen LogP contribution >= 0.6 is 0 Å². The minimum absolute atomic E-state index is 0.00525. The highest BCUT2D eigenvalue weighted by Crippen LogP contribution is 2.41. The van der Waals surface area contributed by atoms with Crippen molar-refractivity contribution < 1.29 is 27.4 Å². The van der Waals surface area contributed by atoms with Gasteiger partial charge in [0.25, 0.3) is 10.2 Å². The third kappa shape index (κ3) is 4.43. The summed E-state index contributed by atoms with van der Waals surface area (Å²) in [6, 6.07) is 2.99. The lowest BCUT2D eigenvalue weighted by atomic mass is 9.91. The molecule has 1 aromatic rings. The first kappa shape index (κ1) is 22.8. The van der Waals surface area contributed by atoms with E-state index in [1.807, 2.05) is 6.07 Å². The molecule has 3 rings (SSSR count). The number of esters is 1. The largest absolute Gasteiger partial charge is 0.493 e. The van der Waals surface area contributed by atoms with Crippen molar-refractivity contribution in [1.82, 2.24) is 8.61 Å². The molecule has 0 aromatic heterocycles. The standard InChI is InChI=1S/C21H32N2O6S/c1-22(16-8-6-5-7-9-16)30(25,26)23-11-10-15-12-19(27-2)20(28-3)13-17(15)18(23)14-21(24)29-4/h12-13,16,18H,5-11,14H2,1-4H3. The zero-order valence-electron chi connectivity index (χ0n) is 18.2. The van der Waals surface area contributed by atoms with Crippen LogP contribution in [0, 0.1) is 0 Å². The molecule has 8 nitrogen and oxygen atoms in total. The van der Waals surface area contributed by atoms with Crippen LogP contribution < -0.4 is 9.47 Å². The molecule has 30 heavy (non-hydrogen) atoms. The van der Waals surface area contributed by atoms with Gasteiger partial charge in [-0.3, -0.25) is 4.79 Å². The van der Waals surface area contributed by atoms with Crippen LogP contribution in [0.25, 0.3) is 0 Å². The number of nitrogens with zero attached hydrogens (tertiary/aromatic N) is 2. The fourth-order valence-corrected chi connectivity index (χ4v) is 6.28. The van der Waals surface area contributed by atoms with Gasteiger partial charge < -0.3 is 14.2 Å². The highest BCUT2D eigenvalue weighted by atomic mass is 32.2. The maximum absolute atomic E-state index is 13.6. The van der Waals surface area contributed by atoms with E-state index in [0.717, 1.165) is 43.2 Å². The number of methoxy groups -OCH3 is 3. The molecule has 0 amide bonds.